The van der Waals surface area contributed by atoms with Gasteiger partial charge in [0, 0.05) is 5.56 Å². The average Bonchev–Trinajstić information content (AvgIpc) is 2.02. The number of hydrogen-bond acceptors (Lipinski definition) is 3. The van der Waals surface area contributed by atoms with Crippen molar-refractivity contribution >= 4 is 17.8 Å². The van der Waals surface area contributed by atoms with Gasteiger partial charge in [0.1, 0.15) is 11.6 Å². The fraction of sp³-hybridized carbons (Fsp3) is 0.333. The van der Waals surface area contributed by atoms with Gasteiger partial charge in [0.15, 0.2) is 0 Å². The third kappa shape index (κ3) is 2.53. The van der Waals surface area contributed by atoms with Crippen LogP contribution >= 0.6 is 6.04 Å². The van der Waals surface area contributed by atoms with Gasteiger partial charge in [0.05, 0.1) is 0 Å². The van der Waals surface area contributed by atoms with Gasteiger partial charge in [0.25, 0.3) is 0 Å². The summed E-state index contributed by atoms with van der Waals surface area (Å²) in [5, 5.41) is 19.3. The highest BCUT2D eigenvalue weighted by Gasteiger charge is 2.20. The molecule has 72 valence electrons. The number of rotatable bonds is 2. The Bertz CT molecular complexity index is 345. The minimum absolute atomic E-state index is 0.118. The van der Waals surface area contributed by atoms with Crippen molar-refractivity contribution in [3.05, 3.63) is 29.8 Å². The van der Waals surface area contributed by atoms with Gasteiger partial charge in [-0.15, -0.1) is 0 Å². The standard InChI is InChI=1S/C9H13O2PS/c1-12(2,13)9(11)7-5-3-4-6-8(7)10/h3-6,9-11H,1-2H3. The van der Waals surface area contributed by atoms with Gasteiger partial charge in [-0.1, -0.05) is 30.0 Å². The molecule has 1 rings (SSSR count). The van der Waals surface area contributed by atoms with E-state index in [1.165, 1.54) is 0 Å². The first kappa shape index (κ1) is 10.7. The highest BCUT2D eigenvalue weighted by molar-refractivity contribution is 8.14. The van der Waals surface area contributed by atoms with E-state index in [1.54, 1.807) is 24.3 Å². The first-order chi connectivity index (χ1) is 5.93. The average molecular weight is 216 g/mol. The molecule has 0 aliphatic heterocycles. The minimum atomic E-state index is -1.78. The molecule has 0 saturated heterocycles. The van der Waals surface area contributed by atoms with E-state index in [9.17, 15) is 10.2 Å². The lowest BCUT2D eigenvalue weighted by Crippen LogP contribution is -1.97. The molecule has 0 heterocycles. The summed E-state index contributed by atoms with van der Waals surface area (Å²) in [7, 11) is 0. The number of aliphatic hydroxyl groups is 1. The van der Waals surface area contributed by atoms with Crippen LogP contribution in [0.1, 0.15) is 11.4 Å². The normalized spacial score (nSPS) is 14.1. The van der Waals surface area contributed by atoms with E-state index in [4.69, 9.17) is 11.8 Å². The molecule has 0 radical (unpaired) electrons. The third-order valence-corrected chi connectivity index (χ3v) is 3.86. The van der Waals surface area contributed by atoms with Crippen molar-refractivity contribution in [3.8, 4) is 5.75 Å². The lowest BCUT2D eigenvalue weighted by atomic mass is 10.2. The Hall–Kier alpha value is -0.370. The zero-order valence-corrected chi connectivity index (χ0v) is 9.35. The van der Waals surface area contributed by atoms with E-state index in [0.717, 1.165) is 0 Å². The molecule has 1 aromatic rings. The van der Waals surface area contributed by atoms with E-state index >= 15 is 0 Å². The quantitative estimate of drug-likeness (QED) is 0.744. The summed E-state index contributed by atoms with van der Waals surface area (Å²) in [5.74, 6) is -0.586. The molecule has 4 heteroatoms. The number of benzene rings is 1. The van der Waals surface area contributed by atoms with Gasteiger partial charge >= 0.3 is 0 Å². The molecular weight excluding hydrogens is 203 g/mol. The van der Waals surface area contributed by atoms with Crippen molar-refractivity contribution < 1.29 is 10.2 Å². The van der Waals surface area contributed by atoms with Crippen molar-refractivity contribution in [2.24, 2.45) is 0 Å². The molecule has 1 unspecified atom stereocenters. The largest absolute Gasteiger partial charge is 0.508 e. The second-order valence-electron chi connectivity index (χ2n) is 3.37. The molecule has 2 nitrogen and oxygen atoms in total. The summed E-state index contributed by atoms with van der Waals surface area (Å²) in [4.78, 5) is 0. The third-order valence-electron chi connectivity index (χ3n) is 1.80. The van der Waals surface area contributed by atoms with Gasteiger partial charge in [-0.05, 0) is 25.4 Å². The Kier molecular flexibility index (Phi) is 3.12. The predicted molar refractivity (Wildman–Crippen MR) is 59.2 cm³/mol. The van der Waals surface area contributed by atoms with Crippen LogP contribution in [0.2, 0.25) is 0 Å². The maximum Gasteiger partial charge on any atom is 0.121 e. The monoisotopic (exact) mass is 216 g/mol. The van der Waals surface area contributed by atoms with Crippen LogP contribution in [-0.2, 0) is 11.8 Å². The van der Waals surface area contributed by atoms with E-state index in [0.29, 0.717) is 5.56 Å². The van der Waals surface area contributed by atoms with Crippen LogP contribution in [0.4, 0.5) is 0 Å². The molecule has 1 aromatic carbocycles. The number of hydrogen-bond donors (Lipinski definition) is 2. The van der Waals surface area contributed by atoms with Gasteiger partial charge in [-0.25, -0.2) is 0 Å². The van der Waals surface area contributed by atoms with E-state index in [-0.39, 0.29) is 5.75 Å². The van der Waals surface area contributed by atoms with Crippen LogP contribution in [0.5, 0.6) is 5.75 Å². The summed E-state index contributed by atoms with van der Waals surface area (Å²) in [6.07, 6.45) is 0. The number of aromatic hydroxyl groups is 1. The molecular formula is C9H13O2PS. The Morgan fingerprint density at radius 3 is 2.31 bits per heavy atom. The summed E-state index contributed by atoms with van der Waals surface area (Å²) in [6.45, 7) is 3.72. The molecule has 0 aliphatic carbocycles. The molecule has 0 aromatic heterocycles. The Balaban J connectivity index is 3.09. The molecule has 0 spiro atoms. The first-order valence-electron chi connectivity index (χ1n) is 3.93. The van der Waals surface area contributed by atoms with Gasteiger partial charge in [-0.2, -0.15) is 0 Å². The first-order valence-corrected chi connectivity index (χ1v) is 7.70. The lowest BCUT2D eigenvalue weighted by Gasteiger charge is -2.19. The number of phenols is 1. The van der Waals surface area contributed by atoms with Crippen LogP contribution in [0.3, 0.4) is 0 Å². The summed E-state index contributed by atoms with van der Waals surface area (Å²) in [6, 6.07) is 4.99. The number of phenolic OH excluding ortho intramolecular Hbond substituents is 1. The highest BCUT2D eigenvalue weighted by atomic mass is 32.4. The van der Waals surface area contributed by atoms with Crippen molar-refractivity contribution in [1.82, 2.24) is 0 Å². The summed E-state index contributed by atoms with van der Waals surface area (Å²) in [5.41, 5.74) is 0.538. The molecule has 0 saturated carbocycles. The Morgan fingerprint density at radius 2 is 1.85 bits per heavy atom. The molecule has 0 amide bonds. The Morgan fingerprint density at radius 1 is 1.31 bits per heavy atom. The predicted octanol–water partition coefficient (Wildman–Crippen LogP) is 2.12. The second kappa shape index (κ2) is 3.79. The van der Waals surface area contributed by atoms with Gasteiger partial charge < -0.3 is 10.2 Å². The van der Waals surface area contributed by atoms with Crippen molar-refractivity contribution in [2.75, 3.05) is 13.3 Å². The van der Waals surface area contributed by atoms with E-state index in [2.05, 4.69) is 0 Å². The maximum atomic E-state index is 9.82. The fourth-order valence-corrected chi connectivity index (χ4v) is 2.27. The topological polar surface area (TPSA) is 40.5 Å². The maximum absolute atomic E-state index is 9.82. The molecule has 13 heavy (non-hydrogen) atoms. The Labute approximate surface area is 83.2 Å². The van der Waals surface area contributed by atoms with Crippen LogP contribution in [0.15, 0.2) is 24.3 Å². The molecule has 0 fully saturated rings. The van der Waals surface area contributed by atoms with Crippen LogP contribution in [0, 0.1) is 0 Å². The smallest absolute Gasteiger partial charge is 0.121 e. The molecule has 1 atom stereocenters. The molecule has 0 bridgehead atoms. The summed E-state index contributed by atoms with van der Waals surface area (Å²) >= 11 is 5.20. The zero-order chi connectivity index (χ0) is 10.1. The molecule has 2 N–H and O–H groups in total. The van der Waals surface area contributed by atoms with Gasteiger partial charge in [-0.3, -0.25) is 0 Å². The van der Waals surface area contributed by atoms with E-state index < -0.39 is 11.9 Å². The SMILES string of the molecule is CP(C)(=S)C(O)c1ccccc1O. The fourth-order valence-electron chi connectivity index (χ4n) is 1.04. The van der Waals surface area contributed by atoms with Crippen molar-refractivity contribution in [2.45, 2.75) is 5.85 Å². The number of aliphatic hydroxyl groups excluding tert-OH is 1. The number of para-hydroxylation sites is 1. The summed E-state index contributed by atoms with van der Waals surface area (Å²) < 4.78 is 0. The lowest BCUT2D eigenvalue weighted by molar-refractivity contribution is 0.258. The van der Waals surface area contributed by atoms with Crippen LogP contribution in [-0.4, -0.2) is 23.5 Å². The highest BCUT2D eigenvalue weighted by Crippen LogP contribution is 2.52. The minimum Gasteiger partial charge on any atom is -0.508 e. The van der Waals surface area contributed by atoms with Crippen LogP contribution in [0.25, 0.3) is 0 Å². The van der Waals surface area contributed by atoms with Crippen LogP contribution < -0.4 is 0 Å². The van der Waals surface area contributed by atoms with E-state index in [1.807, 2.05) is 13.3 Å². The van der Waals surface area contributed by atoms with Crippen molar-refractivity contribution in [1.29, 1.82) is 0 Å². The second-order valence-corrected chi connectivity index (χ2v) is 9.55. The zero-order valence-electron chi connectivity index (χ0n) is 7.64. The molecule has 0 aliphatic rings. The van der Waals surface area contributed by atoms with Gasteiger partial charge in [0.2, 0.25) is 0 Å². The van der Waals surface area contributed by atoms with Crippen molar-refractivity contribution in [3.63, 3.8) is 0 Å².